The van der Waals surface area contributed by atoms with Crippen molar-refractivity contribution in [2.24, 2.45) is 11.8 Å². The molecule has 2 heterocycles. The van der Waals surface area contributed by atoms with Crippen LogP contribution in [0.25, 0.3) is 0 Å². The van der Waals surface area contributed by atoms with Crippen molar-refractivity contribution >= 4 is 0 Å². The van der Waals surface area contributed by atoms with Crippen LogP contribution in [0.5, 0.6) is 0 Å². The van der Waals surface area contributed by atoms with Crippen molar-refractivity contribution in [2.45, 2.75) is 44.2 Å². The maximum absolute atomic E-state index is 3.80. The van der Waals surface area contributed by atoms with Gasteiger partial charge in [0.05, 0.1) is 0 Å². The molecule has 4 atom stereocenters. The van der Waals surface area contributed by atoms with E-state index in [0.29, 0.717) is 0 Å². The van der Waals surface area contributed by atoms with Gasteiger partial charge in [-0.1, -0.05) is 6.42 Å². The lowest BCUT2D eigenvalue weighted by Crippen LogP contribution is -2.45. The molecule has 1 N–H and O–H groups in total. The third-order valence-electron chi connectivity index (χ3n) is 5.38. The molecule has 3 heteroatoms. The van der Waals surface area contributed by atoms with E-state index >= 15 is 0 Å². The lowest BCUT2D eigenvalue weighted by atomic mass is 9.93. The van der Waals surface area contributed by atoms with Crippen LogP contribution in [-0.2, 0) is 0 Å². The van der Waals surface area contributed by atoms with E-state index in [4.69, 9.17) is 0 Å². The summed E-state index contributed by atoms with van der Waals surface area (Å²) in [7, 11) is 4.41. The van der Waals surface area contributed by atoms with Crippen LogP contribution in [0.4, 0.5) is 0 Å². The van der Waals surface area contributed by atoms with Crippen molar-refractivity contribution in [1.82, 2.24) is 15.1 Å². The van der Waals surface area contributed by atoms with Crippen molar-refractivity contribution in [3.05, 3.63) is 0 Å². The second-order valence-electron chi connectivity index (χ2n) is 6.92. The molecule has 0 radical (unpaired) electrons. The maximum Gasteiger partial charge on any atom is 0.0226 e. The molecule has 0 aromatic heterocycles. The summed E-state index contributed by atoms with van der Waals surface area (Å²) in [5.41, 5.74) is 0. The monoisotopic (exact) mass is 251 g/mol. The lowest BCUT2D eigenvalue weighted by Gasteiger charge is -2.31. The summed E-state index contributed by atoms with van der Waals surface area (Å²) in [5, 5.41) is 3.80. The van der Waals surface area contributed by atoms with Crippen LogP contribution in [0.3, 0.4) is 0 Å². The lowest BCUT2D eigenvalue weighted by molar-refractivity contribution is 0.180. The third kappa shape index (κ3) is 2.59. The van der Waals surface area contributed by atoms with Crippen molar-refractivity contribution in [2.75, 3.05) is 40.3 Å². The summed E-state index contributed by atoms with van der Waals surface area (Å²) in [6, 6.07) is 1.60. The topological polar surface area (TPSA) is 18.5 Å². The molecule has 2 aliphatic heterocycles. The van der Waals surface area contributed by atoms with Gasteiger partial charge in [-0.2, -0.15) is 0 Å². The zero-order valence-electron chi connectivity index (χ0n) is 12.1. The van der Waals surface area contributed by atoms with Gasteiger partial charge in [0.25, 0.3) is 0 Å². The number of hydrogen-bond acceptors (Lipinski definition) is 3. The van der Waals surface area contributed by atoms with Gasteiger partial charge >= 0.3 is 0 Å². The molecule has 3 fully saturated rings. The summed E-state index contributed by atoms with van der Waals surface area (Å²) < 4.78 is 0. The first kappa shape index (κ1) is 12.9. The minimum Gasteiger partial charge on any atom is -0.312 e. The first-order valence-corrected chi connectivity index (χ1v) is 7.86. The van der Waals surface area contributed by atoms with E-state index < -0.39 is 0 Å². The molecule has 1 aliphatic carbocycles. The zero-order valence-corrected chi connectivity index (χ0v) is 12.1. The van der Waals surface area contributed by atoms with Gasteiger partial charge in [-0.3, -0.25) is 4.90 Å². The molecule has 4 unspecified atom stereocenters. The number of nitrogens with zero attached hydrogens (tertiary/aromatic N) is 2. The summed E-state index contributed by atoms with van der Waals surface area (Å²) in [6.07, 6.45) is 7.25. The number of likely N-dealkylation sites (tertiary alicyclic amines) is 1. The fourth-order valence-electron chi connectivity index (χ4n) is 4.52. The van der Waals surface area contributed by atoms with Crippen molar-refractivity contribution in [3.63, 3.8) is 0 Å². The molecule has 0 amide bonds. The highest BCUT2D eigenvalue weighted by Gasteiger charge is 2.40. The number of rotatable bonds is 4. The molecule has 0 bridgehead atoms. The average Bonchev–Trinajstić information content (AvgIpc) is 2.97. The van der Waals surface area contributed by atoms with Gasteiger partial charge in [-0.25, -0.2) is 0 Å². The van der Waals surface area contributed by atoms with Gasteiger partial charge in [0.15, 0.2) is 0 Å². The highest BCUT2D eigenvalue weighted by Crippen LogP contribution is 2.38. The molecule has 0 aromatic rings. The predicted octanol–water partition coefficient (Wildman–Crippen LogP) is 1.40. The largest absolute Gasteiger partial charge is 0.312 e. The minimum absolute atomic E-state index is 0.792. The molecular formula is C15H29N3. The van der Waals surface area contributed by atoms with Gasteiger partial charge in [0.1, 0.15) is 0 Å². The van der Waals surface area contributed by atoms with E-state index in [-0.39, 0.29) is 0 Å². The van der Waals surface area contributed by atoms with Gasteiger partial charge < -0.3 is 10.2 Å². The normalized spacial score (nSPS) is 40.8. The molecule has 3 aliphatic rings. The smallest absolute Gasteiger partial charge is 0.0226 e. The molecule has 3 nitrogen and oxygen atoms in total. The van der Waals surface area contributed by atoms with Crippen LogP contribution in [0.1, 0.15) is 32.1 Å². The molecule has 104 valence electrons. The molecular weight excluding hydrogens is 222 g/mol. The summed E-state index contributed by atoms with van der Waals surface area (Å²) in [4.78, 5) is 5.11. The van der Waals surface area contributed by atoms with Crippen LogP contribution in [0.2, 0.25) is 0 Å². The average molecular weight is 251 g/mol. The van der Waals surface area contributed by atoms with Crippen molar-refractivity contribution < 1.29 is 0 Å². The molecule has 2 saturated heterocycles. The van der Waals surface area contributed by atoms with Crippen LogP contribution >= 0.6 is 0 Å². The Balaban J connectivity index is 1.55. The van der Waals surface area contributed by atoms with E-state index in [1.54, 1.807) is 0 Å². The fraction of sp³-hybridized carbons (Fsp3) is 1.00. The highest BCUT2D eigenvalue weighted by molar-refractivity contribution is 4.97. The molecule has 1 saturated carbocycles. The SMILES string of the molecule is CN(C)CC1CCCN1CC1NCC2CCCC21. The maximum atomic E-state index is 3.80. The second kappa shape index (κ2) is 5.48. The first-order valence-electron chi connectivity index (χ1n) is 7.86. The predicted molar refractivity (Wildman–Crippen MR) is 75.8 cm³/mol. The molecule has 0 spiro atoms. The Hall–Kier alpha value is -0.120. The quantitative estimate of drug-likeness (QED) is 0.815. The minimum atomic E-state index is 0.792. The fourth-order valence-corrected chi connectivity index (χ4v) is 4.52. The third-order valence-corrected chi connectivity index (χ3v) is 5.38. The Morgan fingerprint density at radius 2 is 2.06 bits per heavy atom. The standard InChI is InChI=1S/C15H29N3/c1-17(2)10-13-6-4-8-18(13)11-15-14-7-3-5-12(14)9-16-15/h12-16H,3-11H2,1-2H3. The van der Waals surface area contributed by atoms with E-state index in [0.717, 1.165) is 23.9 Å². The van der Waals surface area contributed by atoms with Crippen molar-refractivity contribution in [3.8, 4) is 0 Å². The van der Waals surface area contributed by atoms with Gasteiger partial charge in [0, 0.05) is 25.2 Å². The molecule has 0 aromatic carbocycles. The first-order chi connectivity index (χ1) is 8.74. The van der Waals surface area contributed by atoms with Gasteiger partial charge in [-0.15, -0.1) is 0 Å². The van der Waals surface area contributed by atoms with Crippen molar-refractivity contribution in [1.29, 1.82) is 0 Å². The zero-order chi connectivity index (χ0) is 12.5. The van der Waals surface area contributed by atoms with E-state index in [1.807, 2.05) is 0 Å². The van der Waals surface area contributed by atoms with Crippen LogP contribution < -0.4 is 5.32 Å². The van der Waals surface area contributed by atoms with Gasteiger partial charge in [0.2, 0.25) is 0 Å². The summed E-state index contributed by atoms with van der Waals surface area (Å²) >= 11 is 0. The second-order valence-corrected chi connectivity index (χ2v) is 6.92. The summed E-state index contributed by atoms with van der Waals surface area (Å²) in [6.45, 7) is 5.16. The number of likely N-dealkylation sites (N-methyl/N-ethyl adjacent to an activating group) is 1. The number of hydrogen-bond donors (Lipinski definition) is 1. The van der Waals surface area contributed by atoms with Crippen LogP contribution in [0.15, 0.2) is 0 Å². The molecule has 18 heavy (non-hydrogen) atoms. The Kier molecular flexibility index (Phi) is 3.92. The van der Waals surface area contributed by atoms with E-state index in [1.165, 1.54) is 58.3 Å². The van der Waals surface area contributed by atoms with Gasteiger partial charge in [-0.05, 0) is 64.7 Å². The Morgan fingerprint density at radius 3 is 2.89 bits per heavy atom. The summed E-state index contributed by atoms with van der Waals surface area (Å²) in [5.74, 6) is 2.00. The Bertz CT molecular complexity index is 279. The number of nitrogens with one attached hydrogen (secondary N) is 1. The molecule has 3 rings (SSSR count). The van der Waals surface area contributed by atoms with Crippen LogP contribution in [-0.4, -0.2) is 62.2 Å². The van der Waals surface area contributed by atoms with E-state index in [9.17, 15) is 0 Å². The number of fused-ring (bicyclic) bond motifs is 1. The van der Waals surface area contributed by atoms with Crippen LogP contribution in [0, 0.1) is 11.8 Å². The van der Waals surface area contributed by atoms with E-state index in [2.05, 4.69) is 29.2 Å². The Morgan fingerprint density at radius 1 is 1.17 bits per heavy atom. The Labute approximate surface area is 112 Å². The highest BCUT2D eigenvalue weighted by atomic mass is 15.2.